The van der Waals surface area contributed by atoms with E-state index < -0.39 is 0 Å². The van der Waals surface area contributed by atoms with Crippen LogP contribution in [0.25, 0.3) is 0 Å². The Bertz CT molecular complexity index is 533. The molecule has 3 rings (SSSR count). The predicted octanol–water partition coefficient (Wildman–Crippen LogP) is 3.14. The Balaban J connectivity index is 1.78. The number of aryl methyl sites for hydroxylation is 1. The van der Waals surface area contributed by atoms with Crippen LogP contribution in [0.3, 0.4) is 0 Å². The fraction of sp³-hybridized carbons (Fsp3) is 0.400. The number of nitrogens with zero attached hydrogens (tertiary/aromatic N) is 1. The summed E-state index contributed by atoms with van der Waals surface area (Å²) in [4.78, 5) is 5.95. The van der Waals surface area contributed by atoms with Crippen LogP contribution in [0.2, 0.25) is 0 Å². The highest BCUT2D eigenvalue weighted by Crippen LogP contribution is 2.34. The van der Waals surface area contributed by atoms with Crippen LogP contribution in [0.1, 0.15) is 33.4 Å². The second-order valence-corrected chi connectivity index (χ2v) is 6.05. The molecule has 18 heavy (non-hydrogen) atoms. The van der Waals surface area contributed by atoms with Crippen LogP contribution in [0.4, 0.5) is 0 Å². The van der Waals surface area contributed by atoms with Gasteiger partial charge in [0.15, 0.2) is 0 Å². The van der Waals surface area contributed by atoms with Crippen LogP contribution >= 0.6 is 11.3 Å². The van der Waals surface area contributed by atoms with Crippen molar-refractivity contribution in [1.29, 1.82) is 0 Å². The summed E-state index contributed by atoms with van der Waals surface area (Å²) in [7, 11) is 1.98. The van der Waals surface area contributed by atoms with Crippen LogP contribution in [-0.4, -0.2) is 12.0 Å². The largest absolute Gasteiger partial charge is 0.315 e. The van der Waals surface area contributed by atoms with Crippen molar-refractivity contribution in [3.05, 3.63) is 51.5 Å². The molecule has 0 amide bonds. The number of fused-ring (bicyclic) bond motifs is 1. The molecule has 1 aromatic carbocycles. The summed E-state index contributed by atoms with van der Waals surface area (Å²) in [6.45, 7) is 0.932. The summed E-state index contributed by atoms with van der Waals surface area (Å²) < 4.78 is 0. The Hall–Kier alpha value is -1.19. The van der Waals surface area contributed by atoms with Gasteiger partial charge < -0.3 is 5.32 Å². The number of thiazole rings is 1. The SMILES string of the molecule is CNCc1cnc(C2CCc3ccccc3C2)s1. The zero-order chi connectivity index (χ0) is 12.4. The second kappa shape index (κ2) is 5.21. The van der Waals surface area contributed by atoms with Crippen molar-refractivity contribution < 1.29 is 0 Å². The minimum atomic E-state index is 0.621. The lowest BCUT2D eigenvalue weighted by Gasteiger charge is -2.22. The van der Waals surface area contributed by atoms with E-state index in [1.54, 1.807) is 0 Å². The molecule has 1 aromatic heterocycles. The van der Waals surface area contributed by atoms with Gasteiger partial charge in [-0.2, -0.15) is 0 Å². The minimum Gasteiger partial charge on any atom is -0.315 e. The van der Waals surface area contributed by atoms with E-state index in [1.807, 2.05) is 24.6 Å². The molecule has 1 aliphatic rings. The predicted molar refractivity (Wildman–Crippen MR) is 76.1 cm³/mol. The van der Waals surface area contributed by atoms with Crippen LogP contribution in [0.15, 0.2) is 30.5 Å². The number of benzene rings is 1. The molecule has 94 valence electrons. The lowest BCUT2D eigenvalue weighted by molar-refractivity contribution is 0.582. The third kappa shape index (κ3) is 2.33. The van der Waals surface area contributed by atoms with Gasteiger partial charge in [-0.25, -0.2) is 4.98 Å². The van der Waals surface area contributed by atoms with Gasteiger partial charge >= 0.3 is 0 Å². The standard InChI is InChI=1S/C15H18N2S/c1-16-9-14-10-17-15(18-14)13-7-6-11-4-2-3-5-12(11)8-13/h2-5,10,13,16H,6-9H2,1H3. The summed E-state index contributed by atoms with van der Waals surface area (Å²) in [5, 5.41) is 4.50. The van der Waals surface area contributed by atoms with E-state index in [9.17, 15) is 0 Å². The van der Waals surface area contributed by atoms with Crippen molar-refractivity contribution in [2.75, 3.05) is 7.05 Å². The average molecular weight is 258 g/mol. The number of aromatic nitrogens is 1. The number of hydrogen-bond acceptors (Lipinski definition) is 3. The highest BCUT2D eigenvalue weighted by molar-refractivity contribution is 7.11. The highest BCUT2D eigenvalue weighted by Gasteiger charge is 2.22. The molecule has 0 spiro atoms. The van der Waals surface area contributed by atoms with Gasteiger partial charge in [-0.1, -0.05) is 24.3 Å². The monoisotopic (exact) mass is 258 g/mol. The fourth-order valence-corrected chi connectivity index (χ4v) is 3.74. The third-order valence-electron chi connectivity index (χ3n) is 3.62. The van der Waals surface area contributed by atoms with Gasteiger partial charge in [0.25, 0.3) is 0 Å². The molecule has 1 heterocycles. The zero-order valence-electron chi connectivity index (χ0n) is 10.6. The molecule has 0 bridgehead atoms. The smallest absolute Gasteiger partial charge is 0.0962 e. The van der Waals surface area contributed by atoms with Crippen LogP contribution in [0, 0.1) is 0 Å². The average Bonchev–Trinajstić information content (AvgIpc) is 2.87. The molecule has 0 saturated carbocycles. The summed E-state index contributed by atoms with van der Waals surface area (Å²) >= 11 is 1.87. The van der Waals surface area contributed by atoms with Crippen LogP contribution in [-0.2, 0) is 19.4 Å². The Labute approximate surface area is 112 Å². The molecule has 1 N–H and O–H groups in total. The maximum atomic E-state index is 4.61. The van der Waals surface area contributed by atoms with E-state index in [0.29, 0.717) is 5.92 Å². The number of rotatable bonds is 3. The Morgan fingerprint density at radius 3 is 3.00 bits per heavy atom. The molecule has 1 aliphatic carbocycles. The van der Waals surface area contributed by atoms with Gasteiger partial charge in [0.05, 0.1) is 5.01 Å². The van der Waals surface area contributed by atoms with Gasteiger partial charge in [0.1, 0.15) is 0 Å². The third-order valence-corrected chi connectivity index (χ3v) is 4.78. The summed E-state index contributed by atoms with van der Waals surface area (Å²) in [6, 6.07) is 8.83. The van der Waals surface area contributed by atoms with Gasteiger partial charge in [-0.3, -0.25) is 0 Å². The number of hydrogen-bond donors (Lipinski definition) is 1. The Morgan fingerprint density at radius 1 is 1.33 bits per heavy atom. The molecule has 0 saturated heterocycles. The van der Waals surface area contributed by atoms with Crippen LogP contribution < -0.4 is 5.32 Å². The van der Waals surface area contributed by atoms with E-state index in [4.69, 9.17) is 0 Å². The Kier molecular flexibility index (Phi) is 3.43. The van der Waals surface area contributed by atoms with Crippen molar-refractivity contribution in [2.24, 2.45) is 0 Å². The van der Waals surface area contributed by atoms with Crippen molar-refractivity contribution >= 4 is 11.3 Å². The maximum absolute atomic E-state index is 4.61. The first-order chi connectivity index (χ1) is 8.86. The molecular weight excluding hydrogens is 240 g/mol. The van der Waals surface area contributed by atoms with E-state index in [-0.39, 0.29) is 0 Å². The highest BCUT2D eigenvalue weighted by atomic mass is 32.1. The van der Waals surface area contributed by atoms with Crippen molar-refractivity contribution in [2.45, 2.75) is 31.7 Å². The quantitative estimate of drug-likeness (QED) is 0.915. The van der Waals surface area contributed by atoms with E-state index in [0.717, 1.165) is 13.0 Å². The van der Waals surface area contributed by atoms with Gasteiger partial charge in [0, 0.05) is 23.5 Å². The first-order valence-electron chi connectivity index (χ1n) is 6.53. The van der Waals surface area contributed by atoms with Crippen molar-refractivity contribution in [1.82, 2.24) is 10.3 Å². The molecular formula is C15H18N2S. The lowest BCUT2D eigenvalue weighted by Crippen LogP contribution is -2.12. The zero-order valence-corrected chi connectivity index (χ0v) is 11.5. The molecule has 0 radical (unpaired) electrons. The normalized spacial score (nSPS) is 18.6. The number of nitrogens with one attached hydrogen (secondary N) is 1. The Morgan fingerprint density at radius 2 is 2.17 bits per heavy atom. The van der Waals surface area contributed by atoms with Crippen molar-refractivity contribution in [3.63, 3.8) is 0 Å². The van der Waals surface area contributed by atoms with Gasteiger partial charge in [-0.15, -0.1) is 11.3 Å². The van der Waals surface area contributed by atoms with E-state index in [1.165, 1.54) is 33.9 Å². The summed E-state index contributed by atoms with van der Waals surface area (Å²) in [6.07, 6.45) is 5.62. The minimum absolute atomic E-state index is 0.621. The molecule has 1 unspecified atom stereocenters. The second-order valence-electron chi connectivity index (χ2n) is 4.90. The topological polar surface area (TPSA) is 24.9 Å². The molecule has 1 atom stereocenters. The van der Waals surface area contributed by atoms with Crippen molar-refractivity contribution in [3.8, 4) is 0 Å². The molecule has 0 fully saturated rings. The first kappa shape index (κ1) is 11.9. The summed E-state index contributed by atoms with van der Waals surface area (Å²) in [5.41, 5.74) is 3.04. The molecule has 2 nitrogen and oxygen atoms in total. The van der Waals surface area contributed by atoms with Crippen LogP contribution in [0.5, 0.6) is 0 Å². The fourth-order valence-electron chi connectivity index (χ4n) is 2.68. The lowest BCUT2D eigenvalue weighted by atomic mass is 9.84. The molecule has 3 heteroatoms. The van der Waals surface area contributed by atoms with Gasteiger partial charge in [-0.05, 0) is 37.4 Å². The van der Waals surface area contributed by atoms with Gasteiger partial charge in [0.2, 0.25) is 0 Å². The molecule has 0 aliphatic heterocycles. The maximum Gasteiger partial charge on any atom is 0.0962 e. The summed E-state index contributed by atoms with van der Waals surface area (Å²) in [5.74, 6) is 0.621. The molecule has 2 aromatic rings. The van der Waals surface area contributed by atoms with E-state index in [2.05, 4.69) is 34.6 Å². The first-order valence-corrected chi connectivity index (χ1v) is 7.34. The van der Waals surface area contributed by atoms with E-state index >= 15 is 0 Å².